The van der Waals surface area contributed by atoms with E-state index in [0.29, 0.717) is 17.8 Å². The second-order valence-corrected chi connectivity index (χ2v) is 5.82. The summed E-state index contributed by atoms with van der Waals surface area (Å²) in [6.07, 6.45) is 2.92. The number of carbonyl (C=O) groups excluding carboxylic acids is 1. The minimum atomic E-state index is 0.0459. The summed E-state index contributed by atoms with van der Waals surface area (Å²) in [6.45, 7) is 0.707. The number of ether oxygens (including phenoxy) is 1. The van der Waals surface area contributed by atoms with Gasteiger partial charge >= 0.3 is 0 Å². The van der Waals surface area contributed by atoms with Crippen LogP contribution < -0.4 is 10.1 Å². The molecule has 1 aliphatic rings. The Labute approximate surface area is 116 Å². The first-order chi connectivity index (χ1) is 8.70. The van der Waals surface area contributed by atoms with E-state index in [1.165, 1.54) is 12.8 Å². The minimum Gasteiger partial charge on any atom is -0.496 e. The van der Waals surface area contributed by atoms with Gasteiger partial charge in [-0.1, -0.05) is 34.1 Å². The van der Waals surface area contributed by atoms with Crippen molar-refractivity contribution in [2.45, 2.75) is 24.1 Å². The predicted octanol–water partition coefficient (Wildman–Crippen LogP) is 2.53. The number of halogens is 1. The monoisotopic (exact) mass is 311 g/mol. The van der Waals surface area contributed by atoms with Crippen LogP contribution in [-0.2, 0) is 11.2 Å². The van der Waals surface area contributed by atoms with Crippen LogP contribution in [0.5, 0.6) is 5.75 Å². The van der Waals surface area contributed by atoms with Crippen LogP contribution in [0.4, 0.5) is 0 Å². The average Bonchev–Trinajstić information content (AvgIpc) is 3.21. The molecule has 18 heavy (non-hydrogen) atoms. The number of carbonyl (C=O) groups is 1. The van der Waals surface area contributed by atoms with Gasteiger partial charge in [0.05, 0.1) is 13.5 Å². The molecule has 1 fully saturated rings. The lowest BCUT2D eigenvalue weighted by Gasteiger charge is -2.11. The Morgan fingerprint density at radius 3 is 2.89 bits per heavy atom. The fourth-order valence-corrected chi connectivity index (χ4v) is 2.61. The highest BCUT2D eigenvalue weighted by Gasteiger charge is 2.29. The molecule has 1 unspecified atom stereocenters. The first-order valence-electron chi connectivity index (χ1n) is 6.23. The molecule has 1 aromatic carbocycles. The van der Waals surface area contributed by atoms with Gasteiger partial charge in [-0.2, -0.15) is 0 Å². The van der Waals surface area contributed by atoms with Crippen molar-refractivity contribution in [2.75, 3.05) is 13.7 Å². The molecule has 1 N–H and O–H groups in total. The van der Waals surface area contributed by atoms with E-state index in [1.807, 2.05) is 24.3 Å². The van der Waals surface area contributed by atoms with Crippen LogP contribution in [0.1, 0.15) is 18.4 Å². The van der Waals surface area contributed by atoms with Crippen LogP contribution in [0, 0.1) is 5.92 Å². The summed E-state index contributed by atoms with van der Waals surface area (Å²) in [5.74, 6) is 1.56. The Balaban J connectivity index is 1.82. The molecule has 1 saturated carbocycles. The molecular formula is C14H18BrNO2. The van der Waals surface area contributed by atoms with Crippen LogP contribution in [0.3, 0.4) is 0 Å². The molecular weight excluding hydrogens is 294 g/mol. The molecule has 1 atom stereocenters. The summed E-state index contributed by atoms with van der Waals surface area (Å²) in [5.41, 5.74) is 0.926. The van der Waals surface area contributed by atoms with Crippen molar-refractivity contribution in [1.29, 1.82) is 0 Å². The molecule has 0 bridgehead atoms. The molecule has 0 radical (unpaired) electrons. The lowest BCUT2D eigenvalue weighted by molar-refractivity contribution is -0.120. The number of rotatable bonds is 6. The van der Waals surface area contributed by atoms with Crippen molar-refractivity contribution in [2.24, 2.45) is 5.92 Å². The van der Waals surface area contributed by atoms with E-state index in [0.717, 1.165) is 17.2 Å². The summed E-state index contributed by atoms with van der Waals surface area (Å²) in [4.78, 5) is 12.3. The molecule has 0 aliphatic heterocycles. The molecule has 4 heteroatoms. The summed E-state index contributed by atoms with van der Waals surface area (Å²) < 4.78 is 5.23. The number of hydrogen-bond acceptors (Lipinski definition) is 2. The van der Waals surface area contributed by atoms with Crippen LogP contribution in [-0.4, -0.2) is 24.4 Å². The third kappa shape index (κ3) is 3.73. The molecule has 1 aliphatic carbocycles. The van der Waals surface area contributed by atoms with Gasteiger partial charge in [-0.3, -0.25) is 4.79 Å². The fourth-order valence-electron chi connectivity index (χ4n) is 1.92. The molecule has 98 valence electrons. The highest BCUT2D eigenvalue weighted by molar-refractivity contribution is 9.09. The molecule has 0 heterocycles. The van der Waals surface area contributed by atoms with Crippen molar-refractivity contribution < 1.29 is 9.53 Å². The van der Waals surface area contributed by atoms with Gasteiger partial charge in [-0.15, -0.1) is 0 Å². The molecule has 3 nitrogen and oxygen atoms in total. The van der Waals surface area contributed by atoms with E-state index in [2.05, 4.69) is 21.2 Å². The van der Waals surface area contributed by atoms with Gasteiger partial charge in [0.2, 0.25) is 5.91 Å². The maximum absolute atomic E-state index is 11.8. The molecule has 1 amide bonds. The topological polar surface area (TPSA) is 38.3 Å². The van der Waals surface area contributed by atoms with Crippen LogP contribution >= 0.6 is 15.9 Å². The molecule has 1 aromatic rings. The zero-order valence-electron chi connectivity index (χ0n) is 10.5. The Kier molecular flexibility index (Phi) is 4.64. The van der Waals surface area contributed by atoms with Crippen LogP contribution in [0.2, 0.25) is 0 Å². The van der Waals surface area contributed by atoms with E-state index in [9.17, 15) is 4.79 Å². The molecule has 0 aromatic heterocycles. The second kappa shape index (κ2) is 6.23. The van der Waals surface area contributed by atoms with Crippen molar-refractivity contribution in [3.63, 3.8) is 0 Å². The van der Waals surface area contributed by atoms with Crippen LogP contribution in [0.15, 0.2) is 24.3 Å². The molecule has 2 rings (SSSR count). The van der Waals surface area contributed by atoms with E-state index in [1.54, 1.807) is 7.11 Å². The normalized spacial score (nSPS) is 16.1. The maximum atomic E-state index is 11.8. The third-order valence-electron chi connectivity index (χ3n) is 3.17. The number of para-hydroxylation sites is 1. The highest BCUT2D eigenvalue weighted by atomic mass is 79.9. The van der Waals surface area contributed by atoms with Gasteiger partial charge < -0.3 is 10.1 Å². The SMILES string of the molecule is COc1ccccc1CC(=O)NCC(Br)C1CC1. The van der Waals surface area contributed by atoms with Gasteiger partial charge in [0, 0.05) is 16.9 Å². The Bertz CT molecular complexity index is 418. The van der Waals surface area contributed by atoms with Crippen molar-refractivity contribution in [1.82, 2.24) is 5.32 Å². The van der Waals surface area contributed by atoms with Gasteiger partial charge in [0.1, 0.15) is 5.75 Å². The quantitative estimate of drug-likeness (QED) is 0.820. The maximum Gasteiger partial charge on any atom is 0.224 e. The summed E-state index contributed by atoms with van der Waals surface area (Å²) in [7, 11) is 1.62. The number of methoxy groups -OCH3 is 1. The van der Waals surface area contributed by atoms with E-state index < -0.39 is 0 Å². The first kappa shape index (κ1) is 13.4. The number of amides is 1. The largest absolute Gasteiger partial charge is 0.496 e. The van der Waals surface area contributed by atoms with Gasteiger partial charge in [-0.25, -0.2) is 0 Å². The Morgan fingerprint density at radius 2 is 2.22 bits per heavy atom. The lowest BCUT2D eigenvalue weighted by atomic mass is 10.1. The second-order valence-electron chi connectivity index (χ2n) is 4.65. The summed E-state index contributed by atoms with van der Waals surface area (Å²) in [6, 6.07) is 7.62. The number of nitrogens with one attached hydrogen (secondary N) is 1. The Hall–Kier alpha value is -1.03. The zero-order chi connectivity index (χ0) is 13.0. The van der Waals surface area contributed by atoms with Gasteiger partial charge in [0.15, 0.2) is 0 Å². The third-order valence-corrected chi connectivity index (χ3v) is 4.24. The standard InChI is InChI=1S/C14H18BrNO2/c1-18-13-5-3-2-4-11(13)8-14(17)16-9-12(15)10-6-7-10/h2-5,10,12H,6-9H2,1H3,(H,16,17). The van der Waals surface area contributed by atoms with Crippen molar-refractivity contribution in [3.8, 4) is 5.75 Å². The molecule has 0 saturated heterocycles. The average molecular weight is 312 g/mol. The van der Waals surface area contributed by atoms with Gasteiger partial charge in [-0.05, 0) is 24.8 Å². The minimum absolute atomic E-state index is 0.0459. The van der Waals surface area contributed by atoms with Crippen molar-refractivity contribution >= 4 is 21.8 Å². The fraction of sp³-hybridized carbons (Fsp3) is 0.500. The summed E-state index contributed by atoms with van der Waals surface area (Å²) in [5, 5.41) is 2.96. The smallest absolute Gasteiger partial charge is 0.224 e. The number of alkyl halides is 1. The van der Waals surface area contributed by atoms with E-state index in [4.69, 9.17) is 4.74 Å². The predicted molar refractivity (Wildman–Crippen MR) is 75.1 cm³/mol. The highest BCUT2D eigenvalue weighted by Crippen LogP contribution is 2.36. The number of benzene rings is 1. The zero-order valence-corrected chi connectivity index (χ0v) is 12.1. The number of hydrogen-bond donors (Lipinski definition) is 1. The summed E-state index contributed by atoms with van der Waals surface area (Å²) >= 11 is 3.61. The van der Waals surface area contributed by atoms with E-state index in [-0.39, 0.29) is 5.91 Å². The lowest BCUT2D eigenvalue weighted by Crippen LogP contribution is -2.31. The molecule has 0 spiro atoms. The van der Waals surface area contributed by atoms with E-state index >= 15 is 0 Å². The first-order valence-corrected chi connectivity index (χ1v) is 7.15. The van der Waals surface area contributed by atoms with Gasteiger partial charge in [0.25, 0.3) is 0 Å². The van der Waals surface area contributed by atoms with Crippen molar-refractivity contribution in [3.05, 3.63) is 29.8 Å². The van der Waals surface area contributed by atoms with Crippen LogP contribution in [0.25, 0.3) is 0 Å². The Morgan fingerprint density at radius 1 is 1.50 bits per heavy atom.